The van der Waals surface area contributed by atoms with Crippen LogP contribution in [0.25, 0.3) is 0 Å². The van der Waals surface area contributed by atoms with Gasteiger partial charge in [0.25, 0.3) is 11.6 Å². The van der Waals surface area contributed by atoms with Crippen molar-refractivity contribution in [2.24, 2.45) is 5.92 Å². The van der Waals surface area contributed by atoms with Gasteiger partial charge in [0.1, 0.15) is 0 Å². The van der Waals surface area contributed by atoms with Gasteiger partial charge in [0.15, 0.2) is 0 Å². The molecule has 0 spiro atoms. The van der Waals surface area contributed by atoms with Crippen LogP contribution in [-0.2, 0) is 6.54 Å². The summed E-state index contributed by atoms with van der Waals surface area (Å²) in [5, 5.41) is 13.8. The highest BCUT2D eigenvalue weighted by Gasteiger charge is 2.17. The van der Waals surface area contributed by atoms with E-state index in [2.05, 4.69) is 17.1 Å². The molecule has 0 saturated carbocycles. The van der Waals surface area contributed by atoms with Crippen LogP contribution in [-0.4, -0.2) is 28.8 Å². The van der Waals surface area contributed by atoms with Crippen LogP contribution >= 0.6 is 11.6 Å². The number of rotatable bonds is 5. The Labute approximate surface area is 163 Å². The van der Waals surface area contributed by atoms with Gasteiger partial charge < -0.3 is 5.32 Å². The lowest BCUT2D eigenvalue weighted by molar-refractivity contribution is -0.384. The standard InChI is InChI=1S/C20H22ClN3O3/c1-14-3-2-10-23(12-14)13-15-4-6-16(7-5-15)20(25)22-19-11-17(24(26)27)8-9-18(19)21/h4-9,11,14H,2-3,10,12-13H2,1H3,(H,22,25). The van der Waals surface area contributed by atoms with Gasteiger partial charge in [-0.2, -0.15) is 0 Å². The molecule has 2 aromatic carbocycles. The first kappa shape index (κ1) is 19.3. The number of nitrogens with zero attached hydrogens (tertiary/aromatic N) is 2. The van der Waals surface area contributed by atoms with Gasteiger partial charge in [-0.3, -0.25) is 19.8 Å². The lowest BCUT2D eigenvalue weighted by Gasteiger charge is -2.30. The lowest BCUT2D eigenvalue weighted by atomic mass is 9.99. The van der Waals surface area contributed by atoms with E-state index in [4.69, 9.17) is 11.6 Å². The molecule has 1 unspecified atom stereocenters. The summed E-state index contributed by atoms with van der Waals surface area (Å²) in [6.45, 7) is 5.37. The predicted octanol–water partition coefficient (Wildman–Crippen LogP) is 4.73. The van der Waals surface area contributed by atoms with Gasteiger partial charge in [-0.05, 0) is 49.1 Å². The zero-order chi connectivity index (χ0) is 19.4. The maximum atomic E-state index is 12.4. The summed E-state index contributed by atoms with van der Waals surface area (Å²) in [6, 6.07) is 11.4. The van der Waals surface area contributed by atoms with Gasteiger partial charge in [-0.1, -0.05) is 30.7 Å². The van der Waals surface area contributed by atoms with Crippen LogP contribution in [0.15, 0.2) is 42.5 Å². The second kappa shape index (κ2) is 8.50. The third-order valence-electron chi connectivity index (χ3n) is 4.77. The van der Waals surface area contributed by atoms with E-state index >= 15 is 0 Å². The molecular formula is C20H22ClN3O3. The van der Waals surface area contributed by atoms with Crippen molar-refractivity contribution in [3.05, 3.63) is 68.7 Å². The van der Waals surface area contributed by atoms with Gasteiger partial charge in [-0.25, -0.2) is 0 Å². The molecule has 0 aromatic heterocycles. The molecule has 1 N–H and O–H groups in total. The molecule has 0 aliphatic carbocycles. The first-order chi connectivity index (χ1) is 12.9. The van der Waals surface area contributed by atoms with Gasteiger partial charge in [-0.15, -0.1) is 0 Å². The summed E-state index contributed by atoms with van der Waals surface area (Å²) >= 11 is 6.04. The van der Waals surface area contributed by atoms with Crippen LogP contribution in [0, 0.1) is 16.0 Å². The molecule has 0 bridgehead atoms. The van der Waals surface area contributed by atoms with E-state index in [0.29, 0.717) is 5.56 Å². The number of amides is 1. The summed E-state index contributed by atoms with van der Waals surface area (Å²) in [6.07, 6.45) is 2.52. The smallest absolute Gasteiger partial charge is 0.271 e. The second-order valence-electron chi connectivity index (χ2n) is 7.05. The third-order valence-corrected chi connectivity index (χ3v) is 5.10. The fourth-order valence-electron chi connectivity index (χ4n) is 3.37. The van der Waals surface area contributed by atoms with Crippen molar-refractivity contribution in [3.8, 4) is 0 Å². The number of nitrogens with one attached hydrogen (secondary N) is 1. The first-order valence-electron chi connectivity index (χ1n) is 8.99. The maximum Gasteiger partial charge on any atom is 0.271 e. The molecular weight excluding hydrogens is 366 g/mol. The van der Waals surface area contributed by atoms with Crippen molar-refractivity contribution in [1.29, 1.82) is 0 Å². The summed E-state index contributed by atoms with van der Waals surface area (Å²) in [4.78, 5) is 25.2. The number of non-ortho nitro benzene ring substituents is 1. The number of halogens is 1. The van der Waals surface area contributed by atoms with E-state index in [1.54, 1.807) is 12.1 Å². The molecule has 1 saturated heterocycles. The summed E-state index contributed by atoms with van der Waals surface area (Å²) in [5.74, 6) is 0.374. The number of likely N-dealkylation sites (tertiary alicyclic amines) is 1. The normalized spacial score (nSPS) is 17.5. The molecule has 142 valence electrons. The number of carbonyl (C=O) groups is 1. The number of hydrogen-bond acceptors (Lipinski definition) is 4. The molecule has 1 aliphatic rings. The summed E-state index contributed by atoms with van der Waals surface area (Å²) in [7, 11) is 0. The Balaban J connectivity index is 1.65. The lowest BCUT2D eigenvalue weighted by Crippen LogP contribution is -2.33. The van der Waals surface area contributed by atoms with E-state index in [-0.39, 0.29) is 22.3 Å². The van der Waals surface area contributed by atoms with Crippen molar-refractivity contribution >= 4 is 28.9 Å². The van der Waals surface area contributed by atoms with E-state index < -0.39 is 4.92 Å². The number of nitro groups is 1. The highest BCUT2D eigenvalue weighted by atomic mass is 35.5. The van der Waals surface area contributed by atoms with Gasteiger partial charge >= 0.3 is 0 Å². The van der Waals surface area contributed by atoms with Crippen LogP contribution in [0.2, 0.25) is 5.02 Å². The van der Waals surface area contributed by atoms with Crippen LogP contribution in [0.4, 0.5) is 11.4 Å². The first-order valence-corrected chi connectivity index (χ1v) is 9.37. The Bertz CT molecular complexity index is 839. The molecule has 2 aromatic rings. The SMILES string of the molecule is CC1CCCN(Cc2ccc(C(=O)Nc3cc([N+](=O)[O-])ccc3Cl)cc2)C1. The fourth-order valence-corrected chi connectivity index (χ4v) is 3.53. The Kier molecular flexibility index (Phi) is 6.08. The molecule has 1 aliphatic heterocycles. The highest BCUT2D eigenvalue weighted by molar-refractivity contribution is 6.34. The summed E-state index contributed by atoms with van der Waals surface area (Å²) in [5.41, 5.74) is 1.74. The number of benzene rings is 2. The average molecular weight is 388 g/mol. The maximum absolute atomic E-state index is 12.4. The quantitative estimate of drug-likeness (QED) is 0.594. The van der Waals surface area contributed by atoms with Gasteiger partial charge in [0.05, 0.1) is 15.6 Å². The minimum absolute atomic E-state index is 0.124. The largest absolute Gasteiger partial charge is 0.320 e. The number of piperidine rings is 1. The van der Waals surface area contributed by atoms with Crippen molar-refractivity contribution in [3.63, 3.8) is 0 Å². The monoisotopic (exact) mass is 387 g/mol. The third kappa shape index (κ3) is 5.05. The van der Waals surface area contributed by atoms with Crippen molar-refractivity contribution < 1.29 is 9.72 Å². The van der Waals surface area contributed by atoms with E-state index in [1.807, 2.05) is 12.1 Å². The number of hydrogen-bond donors (Lipinski definition) is 1. The molecule has 7 heteroatoms. The Morgan fingerprint density at radius 1 is 1.30 bits per heavy atom. The van der Waals surface area contributed by atoms with Crippen LogP contribution in [0.5, 0.6) is 0 Å². The molecule has 1 atom stereocenters. The van der Waals surface area contributed by atoms with Gasteiger partial charge in [0.2, 0.25) is 0 Å². The molecule has 1 fully saturated rings. The topological polar surface area (TPSA) is 75.5 Å². The summed E-state index contributed by atoms with van der Waals surface area (Å²) < 4.78 is 0. The minimum Gasteiger partial charge on any atom is -0.320 e. The van der Waals surface area contributed by atoms with Crippen LogP contribution < -0.4 is 5.32 Å². The van der Waals surface area contributed by atoms with E-state index in [9.17, 15) is 14.9 Å². The minimum atomic E-state index is -0.526. The number of anilines is 1. The Hall–Kier alpha value is -2.44. The van der Waals surface area contributed by atoms with Crippen molar-refractivity contribution in [2.75, 3.05) is 18.4 Å². The number of nitro benzene ring substituents is 1. The number of carbonyl (C=O) groups excluding carboxylic acids is 1. The molecule has 0 radical (unpaired) electrons. The highest BCUT2D eigenvalue weighted by Crippen LogP contribution is 2.27. The predicted molar refractivity (Wildman–Crippen MR) is 106 cm³/mol. The van der Waals surface area contributed by atoms with Crippen molar-refractivity contribution in [2.45, 2.75) is 26.3 Å². The molecule has 1 amide bonds. The Morgan fingerprint density at radius 3 is 2.70 bits per heavy atom. The molecule has 6 nitrogen and oxygen atoms in total. The molecule has 3 rings (SSSR count). The average Bonchev–Trinajstić information content (AvgIpc) is 2.64. The Morgan fingerprint density at radius 2 is 2.04 bits per heavy atom. The van der Waals surface area contributed by atoms with Crippen molar-refractivity contribution in [1.82, 2.24) is 4.90 Å². The van der Waals surface area contributed by atoms with Crippen LogP contribution in [0.3, 0.4) is 0 Å². The van der Waals surface area contributed by atoms with E-state index in [1.165, 1.54) is 31.0 Å². The molecule has 27 heavy (non-hydrogen) atoms. The van der Waals surface area contributed by atoms with Crippen LogP contribution in [0.1, 0.15) is 35.7 Å². The van der Waals surface area contributed by atoms with Gasteiger partial charge in [0, 0.05) is 30.8 Å². The molecule has 1 heterocycles. The zero-order valence-corrected chi connectivity index (χ0v) is 15.9. The van der Waals surface area contributed by atoms with E-state index in [0.717, 1.165) is 31.1 Å². The second-order valence-corrected chi connectivity index (χ2v) is 7.46. The zero-order valence-electron chi connectivity index (χ0n) is 15.2. The fraction of sp³-hybridized carbons (Fsp3) is 0.350.